The van der Waals surface area contributed by atoms with Gasteiger partial charge in [-0.15, -0.1) is 0 Å². The lowest BCUT2D eigenvalue weighted by atomic mass is 10.2. The quantitative estimate of drug-likeness (QED) is 0.778. The van der Waals surface area contributed by atoms with E-state index in [2.05, 4.69) is 0 Å². The maximum absolute atomic E-state index is 13.1. The first-order chi connectivity index (χ1) is 8.58. The van der Waals surface area contributed by atoms with Crippen LogP contribution in [-0.2, 0) is 0 Å². The summed E-state index contributed by atoms with van der Waals surface area (Å²) >= 11 is 0. The van der Waals surface area contributed by atoms with Crippen LogP contribution in [0, 0.1) is 17.5 Å². The third-order valence-corrected chi connectivity index (χ3v) is 2.16. The highest BCUT2D eigenvalue weighted by atomic mass is 19.2. The summed E-state index contributed by atoms with van der Waals surface area (Å²) in [6.45, 7) is 0. The number of ether oxygens (including phenoxy) is 1. The van der Waals surface area contributed by atoms with Gasteiger partial charge in [-0.1, -0.05) is 0 Å². The van der Waals surface area contributed by atoms with E-state index in [0.717, 1.165) is 24.3 Å². The average molecular weight is 252 g/mol. The molecule has 2 aromatic carbocycles. The molecule has 0 aliphatic heterocycles. The maximum Gasteiger partial charge on any atom is 0.162 e. The molecule has 0 saturated heterocycles. The highest BCUT2D eigenvalue weighted by molar-refractivity contribution is 5.75. The number of halogens is 3. The number of carbonyl (C=O) groups is 1. The van der Waals surface area contributed by atoms with Crippen LogP contribution >= 0.6 is 0 Å². The summed E-state index contributed by atoms with van der Waals surface area (Å²) in [4.78, 5) is 10.5. The number of rotatable bonds is 3. The van der Waals surface area contributed by atoms with Crippen LogP contribution in [0.25, 0.3) is 0 Å². The van der Waals surface area contributed by atoms with Crippen LogP contribution in [0.5, 0.6) is 11.5 Å². The fraction of sp³-hybridized carbons (Fsp3) is 0. The van der Waals surface area contributed by atoms with Crippen molar-refractivity contribution in [3.8, 4) is 11.5 Å². The zero-order valence-electron chi connectivity index (χ0n) is 8.99. The van der Waals surface area contributed by atoms with Gasteiger partial charge in [0.1, 0.15) is 23.6 Å². The molecule has 2 nitrogen and oxygen atoms in total. The topological polar surface area (TPSA) is 26.3 Å². The van der Waals surface area contributed by atoms with Crippen molar-refractivity contribution in [2.24, 2.45) is 0 Å². The molecule has 0 radical (unpaired) electrons. The number of aldehydes is 1. The third-order valence-electron chi connectivity index (χ3n) is 2.16. The van der Waals surface area contributed by atoms with Crippen LogP contribution in [-0.4, -0.2) is 6.29 Å². The molecule has 0 fully saturated rings. The van der Waals surface area contributed by atoms with Gasteiger partial charge in [0.05, 0.1) is 0 Å². The molecule has 0 atom stereocenters. The molecule has 92 valence electrons. The van der Waals surface area contributed by atoms with Gasteiger partial charge in [-0.25, -0.2) is 13.2 Å². The van der Waals surface area contributed by atoms with Crippen molar-refractivity contribution in [1.29, 1.82) is 0 Å². The standard InChI is InChI=1S/C13H7F3O2/c14-9-3-8(7-17)4-11(5-9)18-10-1-2-12(15)13(16)6-10/h1-7H. The van der Waals surface area contributed by atoms with Crippen molar-refractivity contribution < 1.29 is 22.7 Å². The smallest absolute Gasteiger partial charge is 0.162 e. The lowest BCUT2D eigenvalue weighted by molar-refractivity contribution is 0.112. The molecule has 0 bridgehead atoms. The van der Waals surface area contributed by atoms with E-state index in [-0.39, 0.29) is 17.1 Å². The lowest BCUT2D eigenvalue weighted by Gasteiger charge is -2.06. The molecule has 0 saturated carbocycles. The minimum atomic E-state index is -1.07. The van der Waals surface area contributed by atoms with Crippen LogP contribution in [0.1, 0.15) is 10.4 Å². The molecule has 0 amide bonds. The van der Waals surface area contributed by atoms with Crippen molar-refractivity contribution in [2.75, 3.05) is 0 Å². The van der Waals surface area contributed by atoms with E-state index < -0.39 is 17.5 Å². The number of benzene rings is 2. The molecule has 2 rings (SSSR count). The molecule has 0 aromatic heterocycles. The van der Waals surface area contributed by atoms with Crippen molar-refractivity contribution >= 4 is 6.29 Å². The van der Waals surface area contributed by atoms with Gasteiger partial charge in [0.15, 0.2) is 11.6 Å². The molecule has 5 heteroatoms. The molecule has 0 unspecified atom stereocenters. The van der Waals surface area contributed by atoms with Crippen LogP contribution in [0.4, 0.5) is 13.2 Å². The zero-order valence-corrected chi connectivity index (χ0v) is 8.99. The SMILES string of the molecule is O=Cc1cc(F)cc(Oc2ccc(F)c(F)c2)c1. The van der Waals surface area contributed by atoms with E-state index in [1.165, 1.54) is 12.1 Å². The Labute approximate surface area is 101 Å². The second-order valence-corrected chi connectivity index (χ2v) is 3.52. The molecule has 0 heterocycles. The molecule has 2 aromatic rings. The molecular weight excluding hydrogens is 245 g/mol. The maximum atomic E-state index is 13.1. The number of carbonyl (C=O) groups excluding carboxylic acids is 1. The van der Waals surface area contributed by atoms with Gasteiger partial charge in [-0.3, -0.25) is 4.79 Å². The number of hydrogen-bond acceptors (Lipinski definition) is 2. The van der Waals surface area contributed by atoms with Gasteiger partial charge in [-0.2, -0.15) is 0 Å². The molecule has 0 N–H and O–H groups in total. The Balaban J connectivity index is 2.30. The van der Waals surface area contributed by atoms with Crippen LogP contribution in [0.15, 0.2) is 36.4 Å². The summed E-state index contributed by atoms with van der Waals surface area (Å²) in [5.74, 6) is -2.69. The normalized spacial score (nSPS) is 10.2. The van der Waals surface area contributed by atoms with E-state index >= 15 is 0 Å². The summed E-state index contributed by atoms with van der Waals surface area (Å²) in [7, 11) is 0. The predicted molar refractivity (Wildman–Crippen MR) is 58.2 cm³/mol. The van der Waals surface area contributed by atoms with Gasteiger partial charge in [0.25, 0.3) is 0 Å². The first kappa shape index (κ1) is 12.2. The summed E-state index contributed by atoms with van der Waals surface area (Å²) in [6.07, 6.45) is 0.460. The highest BCUT2D eigenvalue weighted by Gasteiger charge is 2.06. The Morgan fingerprint density at radius 3 is 2.33 bits per heavy atom. The third kappa shape index (κ3) is 2.68. The average Bonchev–Trinajstić information content (AvgIpc) is 2.33. The highest BCUT2D eigenvalue weighted by Crippen LogP contribution is 2.24. The van der Waals surface area contributed by atoms with Crippen LogP contribution in [0.3, 0.4) is 0 Å². The Morgan fingerprint density at radius 1 is 0.889 bits per heavy atom. The van der Waals surface area contributed by atoms with Crippen molar-refractivity contribution in [3.63, 3.8) is 0 Å². The van der Waals surface area contributed by atoms with Crippen LogP contribution < -0.4 is 4.74 Å². The van der Waals surface area contributed by atoms with E-state index in [1.807, 2.05) is 0 Å². The monoisotopic (exact) mass is 252 g/mol. The number of hydrogen-bond donors (Lipinski definition) is 0. The Bertz CT molecular complexity index is 597. The second-order valence-electron chi connectivity index (χ2n) is 3.52. The van der Waals surface area contributed by atoms with Gasteiger partial charge >= 0.3 is 0 Å². The zero-order chi connectivity index (χ0) is 13.1. The molecular formula is C13H7F3O2. The first-order valence-electron chi connectivity index (χ1n) is 4.97. The summed E-state index contributed by atoms with van der Waals surface area (Å²) in [5.41, 5.74) is 0.0904. The van der Waals surface area contributed by atoms with E-state index in [1.54, 1.807) is 0 Å². The molecule has 0 aliphatic rings. The minimum Gasteiger partial charge on any atom is -0.457 e. The molecule has 0 spiro atoms. The Morgan fingerprint density at radius 2 is 1.67 bits per heavy atom. The second kappa shape index (κ2) is 4.91. The van der Waals surface area contributed by atoms with Gasteiger partial charge < -0.3 is 4.74 Å². The molecule has 0 aliphatic carbocycles. The lowest BCUT2D eigenvalue weighted by Crippen LogP contribution is -1.91. The van der Waals surface area contributed by atoms with Gasteiger partial charge in [0.2, 0.25) is 0 Å². The van der Waals surface area contributed by atoms with Gasteiger partial charge in [-0.05, 0) is 24.3 Å². The van der Waals surface area contributed by atoms with Crippen molar-refractivity contribution in [3.05, 3.63) is 59.4 Å². The minimum absolute atomic E-state index is 0.0105. The van der Waals surface area contributed by atoms with E-state index in [9.17, 15) is 18.0 Å². The Hall–Kier alpha value is -2.30. The fourth-order valence-corrected chi connectivity index (χ4v) is 1.39. The van der Waals surface area contributed by atoms with Crippen molar-refractivity contribution in [1.82, 2.24) is 0 Å². The summed E-state index contributed by atoms with van der Waals surface area (Å²) in [5, 5.41) is 0. The largest absolute Gasteiger partial charge is 0.457 e. The van der Waals surface area contributed by atoms with Crippen LogP contribution in [0.2, 0.25) is 0 Å². The fourth-order valence-electron chi connectivity index (χ4n) is 1.39. The Kier molecular flexibility index (Phi) is 3.32. The van der Waals surface area contributed by atoms with Gasteiger partial charge in [0, 0.05) is 17.7 Å². The van der Waals surface area contributed by atoms with E-state index in [4.69, 9.17) is 4.74 Å². The molecule has 18 heavy (non-hydrogen) atoms. The summed E-state index contributed by atoms with van der Waals surface area (Å²) < 4.78 is 43.8. The predicted octanol–water partition coefficient (Wildman–Crippen LogP) is 3.71. The van der Waals surface area contributed by atoms with E-state index in [0.29, 0.717) is 6.29 Å². The van der Waals surface area contributed by atoms with Crippen molar-refractivity contribution in [2.45, 2.75) is 0 Å². The summed E-state index contributed by atoms with van der Waals surface area (Å²) in [6, 6.07) is 6.28. The first-order valence-corrected chi connectivity index (χ1v) is 4.97.